The third kappa shape index (κ3) is 5.35. The molecular formula is C20H25ClN2O6S. The van der Waals surface area contributed by atoms with Crippen LogP contribution in [-0.2, 0) is 14.8 Å². The molecule has 0 spiro atoms. The van der Waals surface area contributed by atoms with Crippen LogP contribution in [-0.4, -0.2) is 53.6 Å². The fourth-order valence-corrected chi connectivity index (χ4v) is 4.24. The second-order valence-corrected chi connectivity index (χ2v) is 8.91. The van der Waals surface area contributed by atoms with Gasteiger partial charge in [0.25, 0.3) is 0 Å². The lowest BCUT2D eigenvalue weighted by Gasteiger charge is -2.20. The molecule has 0 unspecified atom stereocenters. The van der Waals surface area contributed by atoms with Gasteiger partial charge in [0, 0.05) is 7.05 Å². The highest BCUT2D eigenvalue weighted by Crippen LogP contribution is 2.30. The molecule has 0 fully saturated rings. The van der Waals surface area contributed by atoms with Gasteiger partial charge in [-0.15, -0.1) is 0 Å². The average molecular weight is 457 g/mol. The molecule has 8 nitrogen and oxygen atoms in total. The minimum atomic E-state index is -3.91. The van der Waals surface area contributed by atoms with Crippen molar-refractivity contribution in [3.8, 4) is 17.2 Å². The molecule has 0 saturated carbocycles. The number of likely N-dealkylation sites (N-methyl/N-ethyl adjacent to an activating group) is 1. The first-order chi connectivity index (χ1) is 14.1. The Morgan fingerprint density at radius 1 is 1.03 bits per heavy atom. The standard InChI is InChI=1S/C20H25ClN2O6S/c1-13(14-6-8-18(28-4)19(10-14)29-5)22-20(24)12-23(2)30(25,26)15-7-9-17(27-3)16(21)11-15/h6-11,13H,12H2,1-5H3,(H,22,24)/t13-/m0/s1. The quantitative estimate of drug-likeness (QED) is 0.623. The minimum Gasteiger partial charge on any atom is -0.495 e. The molecule has 0 heterocycles. The zero-order chi connectivity index (χ0) is 22.5. The summed E-state index contributed by atoms with van der Waals surface area (Å²) in [6.07, 6.45) is 0. The van der Waals surface area contributed by atoms with Crippen LogP contribution in [0.15, 0.2) is 41.3 Å². The molecule has 0 aromatic heterocycles. The Hall–Kier alpha value is -2.49. The Morgan fingerprint density at radius 3 is 2.20 bits per heavy atom. The zero-order valence-corrected chi connectivity index (χ0v) is 19.0. The van der Waals surface area contributed by atoms with Crippen LogP contribution in [0.1, 0.15) is 18.5 Å². The second kappa shape index (κ2) is 10.0. The molecule has 10 heteroatoms. The van der Waals surface area contributed by atoms with E-state index in [0.717, 1.165) is 9.87 Å². The third-order valence-corrected chi connectivity index (χ3v) is 6.58. The summed E-state index contributed by atoms with van der Waals surface area (Å²) in [5.41, 5.74) is 0.786. The van der Waals surface area contributed by atoms with Crippen molar-refractivity contribution < 1.29 is 27.4 Å². The summed E-state index contributed by atoms with van der Waals surface area (Å²) in [7, 11) is 1.92. The Balaban J connectivity index is 2.08. The van der Waals surface area contributed by atoms with Crippen molar-refractivity contribution in [2.75, 3.05) is 34.9 Å². The highest BCUT2D eigenvalue weighted by atomic mass is 35.5. The first-order valence-corrected chi connectivity index (χ1v) is 10.8. The van der Waals surface area contributed by atoms with Crippen LogP contribution in [0.25, 0.3) is 0 Å². The fourth-order valence-electron chi connectivity index (χ4n) is 2.77. The number of carbonyl (C=O) groups is 1. The smallest absolute Gasteiger partial charge is 0.243 e. The number of sulfonamides is 1. The summed E-state index contributed by atoms with van der Waals surface area (Å²) in [5.74, 6) is 1.01. The molecule has 0 aliphatic rings. The van der Waals surface area contributed by atoms with Crippen molar-refractivity contribution in [2.45, 2.75) is 17.9 Å². The van der Waals surface area contributed by atoms with Crippen molar-refractivity contribution in [2.24, 2.45) is 0 Å². The van der Waals surface area contributed by atoms with Gasteiger partial charge in [-0.05, 0) is 42.8 Å². The summed E-state index contributed by atoms with van der Waals surface area (Å²) in [5, 5.41) is 2.95. The number of halogens is 1. The van der Waals surface area contributed by atoms with Gasteiger partial charge in [0.05, 0.1) is 43.8 Å². The Bertz CT molecular complexity index is 1010. The number of ether oxygens (including phenoxy) is 3. The van der Waals surface area contributed by atoms with Gasteiger partial charge in [-0.1, -0.05) is 17.7 Å². The van der Waals surface area contributed by atoms with E-state index in [0.29, 0.717) is 17.2 Å². The van der Waals surface area contributed by atoms with Crippen LogP contribution >= 0.6 is 11.6 Å². The summed E-state index contributed by atoms with van der Waals surface area (Å²) < 4.78 is 42.0. The molecule has 0 aliphatic carbocycles. The van der Waals surface area contributed by atoms with Crippen LogP contribution in [0.5, 0.6) is 17.2 Å². The molecule has 0 bridgehead atoms. The van der Waals surface area contributed by atoms with E-state index in [4.69, 9.17) is 25.8 Å². The molecule has 1 amide bonds. The van der Waals surface area contributed by atoms with Gasteiger partial charge >= 0.3 is 0 Å². The van der Waals surface area contributed by atoms with E-state index < -0.39 is 15.9 Å². The van der Waals surface area contributed by atoms with E-state index >= 15 is 0 Å². The zero-order valence-electron chi connectivity index (χ0n) is 17.4. The second-order valence-electron chi connectivity index (χ2n) is 6.46. The van der Waals surface area contributed by atoms with Gasteiger partial charge in [0.2, 0.25) is 15.9 Å². The lowest BCUT2D eigenvalue weighted by atomic mass is 10.1. The maximum atomic E-state index is 12.7. The Labute approximate surface area is 181 Å². The average Bonchev–Trinajstić information content (AvgIpc) is 2.72. The molecule has 0 saturated heterocycles. The summed E-state index contributed by atoms with van der Waals surface area (Å²) in [6, 6.07) is 9.04. The maximum Gasteiger partial charge on any atom is 0.243 e. The topological polar surface area (TPSA) is 94.2 Å². The molecule has 2 rings (SSSR count). The first kappa shape index (κ1) is 23.8. The van der Waals surface area contributed by atoms with Gasteiger partial charge in [0.15, 0.2) is 11.5 Å². The largest absolute Gasteiger partial charge is 0.495 e. The Morgan fingerprint density at radius 2 is 1.63 bits per heavy atom. The summed E-state index contributed by atoms with van der Waals surface area (Å²) in [6.45, 7) is 1.43. The highest BCUT2D eigenvalue weighted by Gasteiger charge is 2.24. The van der Waals surface area contributed by atoms with E-state index in [1.165, 1.54) is 46.6 Å². The SMILES string of the molecule is COc1ccc(S(=O)(=O)N(C)CC(=O)N[C@@H](C)c2ccc(OC)c(OC)c2)cc1Cl. The van der Waals surface area contributed by atoms with Crippen LogP contribution in [0.4, 0.5) is 0 Å². The molecular weight excluding hydrogens is 432 g/mol. The molecule has 164 valence electrons. The lowest BCUT2D eigenvalue weighted by molar-refractivity contribution is -0.121. The van der Waals surface area contributed by atoms with E-state index in [-0.39, 0.29) is 22.5 Å². The van der Waals surface area contributed by atoms with Crippen molar-refractivity contribution in [3.63, 3.8) is 0 Å². The van der Waals surface area contributed by atoms with Crippen LogP contribution < -0.4 is 19.5 Å². The van der Waals surface area contributed by atoms with E-state index in [9.17, 15) is 13.2 Å². The molecule has 2 aromatic carbocycles. The molecule has 0 aliphatic heterocycles. The number of benzene rings is 2. The molecule has 0 radical (unpaired) electrons. The summed E-state index contributed by atoms with van der Waals surface area (Å²) in [4.78, 5) is 12.4. The minimum absolute atomic E-state index is 0.0310. The number of nitrogens with one attached hydrogen (secondary N) is 1. The van der Waals surface area contributed by atoms with Crippen LogP contribution in [0.2, 0.25) is 5.02 Å². The van der Waals surface area contributed by atoms with Crippen molar-refractivity contribution in [1.29, 1.82) is 0 Å². The van der Waals surface area contributed by atoms with Crippen molar-refractivity contribution in [3.05, 3.63) is 47.0 Å². The van der Waals surface area contributed by atoms with E-state index in [1.807, 2.05) is 0 Å². The molecule has 2 aromatic rings. The predicted octanol–water partition coefficient (Wildman–Crippen LogP) is 2.86. The van der Waals surface area contributed by atoms with E-state index in [1.54, 1.807) is 25.1 Å². The number of hydrogen-bond donors (Lipinski definition) is 1. The van der Waals surface area contributed by atoms with Crippen molar-refractivity contribution in [1.82, 2.24) is 9.62 Å². The number of hydrogen-bond acceptors (Lipinski definition) is 6. The van der Waals surface area contributed by atoms with Gasteiger partial charge in [-0.3, -0.25) is 4.79 Å². The van der Waals surface area contributed by atoms with Crippen LogP contribution in [0, 0.1) is 0 Å². The predicted molar refractivity (Wildman–Crippen MR) is 114 cm³/mol. The first-order valence-electron chi connectivity index (χ1n) is 8.95. The summed E-state index contributed by atoms with van der Waals surface area (Å²) >= 11 is 6.02. The number of carbonyl (C=O) groups excluding carboxylic acids is 1. The molecule has 1 N–H and O–H groups in total. The van der Waals surface area contributed by atoms with Crippen molar-refractivity contribution >= 4 is 27.5 Å². The number of amides is 1. The van der Waals surface area contributed by atoms with E-state index in [2.05, 4.69) is 5.32 Å². The number of rotatable bonds is 9. The van der Waals surface area contributed by atoms with Crippen LogP contribution in [0.3, 0.4) is 0 Å². The van der Waals surface area contributed by atoms with Gasteiger partial charge in [-0.2, -0.15) is 4.31 Å². The van der Waals surface area contributed by atoms with Gasteiger partial charge in [-0.25, -0.2) is 8.42 Å². The highest BCUT2D eigenvalue weighted by molar-refractivity contribution is 7.89. The third-order valence-electron chi connectivity index (χ3n) is 4.48. The lowest BCUT2D eigenvalue weighted by Crippen LogP contribution is -2.39. The number of nitrogens with zero attached hydrogens (tertiary/aromatic N) is 1. The van der Waals surface area contributed by atoms with Gasteiger partial charge in [0.1, 0.15) is 5.75 Å². The Kier molecular flexibility index (Phi) is 7.94. The van der Waals surface area contributed by atoms with Gasteiger partial charge < -0.3 is 19.5 Å². The molecule has 1 atom stereocenters. The monoisotopic (exact) mass is 456 g/mol. The normalized spacial score (nSPS) is 12.4. The molecule has 30 heavy (non-hydrogen) atoms. The number of methoxy groups -OCH3 is 3. The maximum absolute atomic E-state index is 12.7. The fraction of sp³-hybridized carbons (Fsp3) is 0.350.